The molecule has 170 valence electrons. The Balaban J connectivity index is 1.24. The highest BCUT2D eigenvalue weighted by molar-refractivity contribution is 5.84. The van der Waals surface area contributed by atoms with Crippen molar-refractivity contribution in [1.29, 1.82) is 0 Å². The number of hydrogen-bond acceptors (Lipinski definition) is 8. The van der Waals surface area contributed by atoms with E-state index >= 15 is 0 Å². The summed E-state index contributed by atoms with van der Waals surface area (Å²) in [6.07, 6.45) is 0.410. The summed E-state index contributed by atoms with van der Waals surface area (Å²) in [7, 11) is 0. The summed E-state index contributed by atoms with van der Waals surface area (Å²) < 4.78 is 21.6. The Labute approximate surface area is 190 Å². The zero-order valence-corrected chi connectivity index (χ0v) is 18.1. The van der Waals surface area contributed by atoms with Crippen LogP contribution in [0, 0.1) is 0 Å². The number of aromatic nitrogens is 2. The number of ether oxygens (including phenoxy) is 3. The molecule has 3 heterocycles. The molecule has 33 heavy (non-hydrogen) atoms. The molecule has 1 amide bonds. The van der Waals surface area contributed by atoms with E-state index in [2.05, 4.69) is 10.1 Å². The summed E-state index contributed by atoms with van der Waals surface area (Å²) in [5.74, 6) is 1.73. The van der Waals surface area contributed by atoms with Crippen LogP contribution in [0.25, 0.3) is 11.4 Å². The first-order valence-corrected chi connectivity index (χ1v) is 10.8. The maximum absolute atomic E-state index is 13.1. The van der Waals surface area contributed by atoms with Crippen LogP contribution >= 0.6 is 0 Å². The topological polar surface area (TPSA) is 104 Å². The van der Waals surface area contributed by atoms with E-state index in [1.807, 2.05) is 36.4 Å². The van der Waals surface area contributed by atoms with Crippen LogP contribution in [0.15, 0.2) is 53.1 Å². The number of likely N-dealkylation sites (tertiary alicyclic amines) is 1. The van der Waals surface area contributed by atoms with Crippen LogP contribution in [-0.2, 0) is 14.3 Å². The molecule has 9 nitrogen and oxygen atoms in total. The Bertz CT molecular complexity index is 1150. The molecule has 0 N–H and O–H groups in total. The van der Waals surface area contributed by atoms with Crippen LogP contribution in [0.4, 0.5) is 0 Å². The van der Waals surface area contributed by atoms with E-state index in [0.29, 0.717) is 54.7 Å². The van der Waals surface area contributed by atoms with Gasteiger partial charge in [0.1, 0.15) is 0 Å². The molecule has 0 bridgehead atoms. The Morgan fingerprint density at radius 3 is 2.58 bits per heavy atom. The van der Waals surface area contributed by atoms with Crippen molar-refractivity contribution in [1.82, 2.24) is 15.0 Å². The SMILES string of the molecule is CC(=O)OC(C(=O)N1CCC(c2nc(-c3ccc4c(c3)OCO4)no2)CC1)c1ccccc1. The standard InChI is InChI=1S/C24H23N3O6/c1-15(28)32-21(16-5-3-2-4-6-16)24(29)27-11-9-17(10-12-27)23-25-22(26-33-23)18-7-8-19-20(13-18)31-14-30-19/h2-8,13,17,21H,9-12,14H2,1H3. The molecule has 1 aromatic heterocycles. The lowest BCUT2D eigenvalue weighted by Gasteiger charge is -2.32. The van der Waals surface area contributed by atoms with E-state index in [9.17, 15) is 9.59 Å². The minimum absolute atomic E-state index is 0.0493. The second-order valence-electron chi connectivity index (χ2n) is 8.02. The molecular weight excluding hydrogens is 426 g/mol. The predicted molar refractivity (Wildman–Crippen MR) is 115 cm³/mol. The van der Waals surface area contributed by atoms with Crippen molar-refractivity contribution < 1.29 is 28.3 Å². The molecule has 5 rings (SSSR count). The quantitative estimate of drug-likeness (QED) is 0.546. The highest BCUT2D eigenvalue weighted by Crippen LogP contribution is 2.36. The Morgan fingerprint density at radius 2 is 1.82 bits per heavy atom. The molecule has 1 atom stereocenters. The highest BCUT2D eigenvalue weighted by Gasteiger charge is 2.33. The van der Waals surface area contributed by atoms with Crippen molar-refractivity contribution in [2.24, 2.45) is 0 Å². The third-order valence-corrected chi connectivity index (χ3v) is 5.84. The van der Waals surface area contributed by atoms with E-state index in [1.165, 1.54) is 6.92 Å². The molecule has 2 aliphatic heterocycles. The molecule has 0 aliphatic carbocycles. The normalized spacial score (nSPS) is 16.5. The zero-order chi connectivity index (χ0) is 22.8. The maximum atomic E-state index is 13.1. The fourth-order valence-electron chi connectivity index (χ4n) is 4.12. The van der Waals surface area contributed by atoms with Crippen molar-refractivity contribution in [3.05, 3.63) is 60.0 Å². The average Bonchev–Trinajstić information content (AvgIpc) is 3.52. The van der Waals surface area contributed by atoms with E-state index in [0.717, 1.165) is 5.56 Å². The first-order chi connectivity index (χ1) is 16.1. The molecule has 3 aromatic rings. The first-order valence-electron chi connectivity index (χ1n) is 10.8. The number of esters is 1. The number of fused-ring (bicyclic) bond motifs is 1. The van der Waals surface area contributed by atoms with Crippen LogP contribution in [0.5, 0.6) is 11.5 Å². The third-order valence-electron chi connectivity index (χ3n) is 5.84. The second kappa shape index (κ2) is 8.93. The monoisotopic (exact) mass is 449 g/mol. The van der Waals surface area contributed by atoms with Gasteiger partial charge in [-0.05, 0) is 31.0 Å². The van der Waals surface area contributed by atoms with E-state index in [4.69, 9.17) is 18.7 Å². The van der Waals surface area contributed by atoms with Gasteiger partial charge >= 0.3 is 5.97 Å². The summed E-state index contributed by atoms with van der Waals surface area (Å²) in [5, 5.41) is 4.12. The Morgan fingerprint density at radius 1 is 1.06 bits per heavy atom. The van der Waals surface area contributed by atoms with Crippen molar-refractivity contribution in [2.45, 2.75) is 31.8 Å². The van der Waals surface area contributed by atoms with Crippen molar-refractivity contribution in [2.75, 3.05) is 19.9 Å². The lowest BCUT2D eigenvalue weighted by atomic mass is 9.96. The van der Waals surface area contributed by atoms with Crippen molar-refractivity contribution in [3.63, 3.8) is 0 Å². The largest absolute Gasteiger partial charge is 0.454 e. The lowest BCUT2D eigenvalue weighted by molar-refractivity contribution is -0.159. The molecule has 0 spiro atoms. The van der Waals surface area contributed by atoms with Crippen LogP contribution in [0.1, 0.15) is 43.2 Å². The summed E-state index contributed by atoms with van der Waals surface area (Å²) in [5.41, 5.74) is 1.44. The first kappa shape index (κ1) is 21.0. The predicted octanol–water partition coefficient (Wildman–Crippen LogP) is 3.48. The zero-order valence-electron chi connectivity index (χ0n) is 18.1. The van der Waals surface area contributed by atoms with Gasteiger partial charge in [-0.3, -0.25) is 9.59 Å². The van der Waals surface area contributed by atoms with Crippen molar-refractivity contribution in [3.8, 4) is 22.9 Å². The number of rotatable bonds is 5. The summed E-state index contributed by atoms with van der Waals surface area (Å²) in [4.78, 5) is 31.0. The summed E-state index contributed by atoms with van der Waals surface area (Å²) in [6.45, 7) is 2.53. The molecule has 0 radical (unpaired) electrons. The number of carbonyl (C=O) groups excluding carboxylic acids is 2. The molecule has 0 saturated carbocycles. The minimum Gasteiger partial charge on any atom is -0.454 e. The van der Waals surface area contributed by atoms with Gasteiger partial charge in [0.25, 0.3) is 5.91 Å². The molecular formula is C24H23N3O6. The van der Waals surface area contributed by atoms with Gasteiger partial charge in [0.15, 0.2) is 11.5 Å². The number of nitrogens with zero attached hydrogens (tertiary/aromatic N) is 3. The van der Waals surface area contributed by atoms with Gasteiger partial charge in [-0.15, -0.1) is 0 Å². The fourth-order valence-corrected chi connectivity index (χ4v) is 4.12. The third kappa shape index (κ3) is 4.39. The van der Waals surface area contributed by atoms with Gasteiger partial charge in [-0.1, -0.05) is 35.5 Å². The molecule has 2 aliphatic rings. The number of amides is 1. The van der Waals surface area contributed by atoms with Crippen LogP contribution in [0.3, 0.4) is 0 Å². The minimum atomic E-state index is -0.943. The Hall–Kier alpha value is -3.88. The van der Waals surface area contributed by atoms with Gasteiger partial charge < -0.3 is 23.6 Å². The van der Waals surface area contributed by atoms with Gasteiger partial charge in [-0.2, -0.15) is 4.98 Å². The van der Waals surface area contributed by atoms with E-state index in [1.54, 1.807) is 17.0 Å². The van der Waals surface area contributed by atoms with E-state index < -0.39 is 12.1 Å². The summed E-state index contributed by atoms with van der Waals surface area (Å²) in [6, 6.07) is 14.6. The lowest BCUT2D eigenvalue weighted by Crippen LogP contribution is -2.41. The molecule has 1 unspecified atom stereocenters. The van der Waals surface area contributed by atoms with Crippen LogP contribution in [0.2, 0.25) is 0 Å². The van der Waals surface area contributed by atoms with Gasteiger partial charge in [0, 0.05) is 37.1 Å². The van der Waals surface area contributed by atoms with Gasteiger partial charge in [0.05, 0.1) is 0 Å². The number of hydrogen-bond donors (Lipinski definition) is 0. The molecule has 1 saturated heterocycles. The number of carbonyl (C=O) groups is 2. The second-order valence-corrected chi connectivity index (χ2v) is 8.02. The fraction of sp³-hybridized carbons (Fsp3) is 0.333. The maximum Gasteiger partial charge on any atom is 0.303 e. The smallest absolute Gasteiger partial charge is 0.303 e. The van der Waals surface area contributed by atoms with Gasteiger partial charge in [0.2, 0.25) is 24.6 Å². The number of benzene rings is 2. The highest BCUT2D eigenvalue weighted by atomic mass is 16.7. The Kier molecular flexibility index (Phi) is 5.68. The molecule has 9 heteroatoms. The van der Waals surface area contributed by atoms with Gasteiger partial charge in [-0.25, -0.2) is 0 Å². The van der Waals surface area contributed by atoms with Crippen LogP contribution in [-0.4, -0.2) is 46.8 Å². The summed E-state index contributed by atoms with van der Waals surface area (Å²) >= 11 is 0. The van der Waals surface area contributed by atoms with Crippen molar-refractivity contribution >= 4 is 11.9 Å². The molecule has 1 fully saturated rings. The number of piperidine rings is 1. The average molecular weight is 449 g/mol. The van der Waals surface area contributed by atoms with Crippen LogP contribution < -0.4 is 9.47 Å². The molecule has 2 aromatic carbocycles. The van der Waals surface area contributed by atoms with E-state index in [-0.39, 0.29) is 18.6 Å².